The first-order chi connectivity index (χ1) is 6.80. The summed E-state index contributed by atoms with van der Waals surface area (Å²) >= 11 is 0. The molecule has 4 nitrogen and oxygen atoms in total. The Hall–Kier alpha value is -0.650. The summed E-state index contributed by atoms with van der Waals surface area (Å²) in [4.78, 5) is 12.8. The number of rotatable bonds is 4. The SMILES string of the molecule is CC(C)CCN1CC(S(=O)(=O)F)CC1=O. The first-order valence-electron chi connectivity index (χ1n) is 5.02. The maximum Gasteiger partial charge on any atom is 0.307 e. The Morgan fingerprint density at radius 2 is 2.13 bits per heavy atom. The molecule has 88 valence electrons. The molecule has 0 aromatic heterocycles. The third-order valence-corrected chi connectivity index (χ3v) is 3.67. The van der Waals surface area contributed by atoms with Gasteiger partial charge in [-0.15, -0.1) is 3.89 Å². The van der Waals surface area contributed by atoms with E-state index in [0.717, 1.165) is 6.42 Å². The van der Waals surface area contributed by atoms with Crippen LogP contribution in [-0.4, -0.2) is 37.6 Å². The van der Waals surface area contributed by atoms with Crippen molar-refractivity contribution in [3.05, 3.63) is 0 Å². The summed E-state index contributed by atoms with van der Waals surface area (Å²) in [6.45, 7) is 4.56. The molecule has 0 spiro atoms. The van der Waals surface area contributed by atoms with Crippen molar-refractivity contribution in [2.75, 3.05) is 13.1 Å². The standard InChI is InChI=1S/C9H16FNO3S/c1-7(2)3-4-11-6-8(5-9(11)12)15(10,13)14/h7-8H,3-6H2,1-2H3. The molecule has 1 unspecified atom stereocenters. The van der Waals surface area contributed by atoms with Gasteiger partial charge >= 0.3 is 10.2 Å². The molecular weight excluding hydrogens is 221 g/mol. The zero-order chi connectivity index (χ0) is 11.6. The van der Waals surface area contributed by atoms with Crippen LogP contribution in [0, 0.1) is 5.92 Å². The lowest BCUT2D eigenvalue weighted by molar-refractivity contribution is -0.127. The van der Waals surface area contributed by atoms with Crippen LogP contribution in [0.5, 0.6) is 0 Å². The summed E-state index contributed by atoms with van der Waals surface area (Å²) in [5.74, 6) is 0.181. The minimum atomic E-state index is -4.57. The summed E-state index contributed by atoms with van der Waals surface area (Å²) < 4.78 is 33.9. The van der Waals surface area contributed by atoms with Gasteiger partial charge in [-0.05, 0) is 12.3 Å². The zero-order valence-electron chi connectivity index (χ0n) is 8.94. The number of carbonyl (C=O) groups excluding carboxylic acids is 1. The Morgan fingerprint density at radius 3 is 2.53 bits per heavy atom. The van der Waals surface area contributed by atoms with Gasteiger partial charge in [0.15, 0.2) is 0 Å². The molecule has 1 aliphatic heterocycles. The van der Waals surface area contributed by atoms with Crippen molar-refractivity contribution >= 4 is 16.1 Å². The highest BCUT2D eigenvalue weighted by atomic mass is 32.3. The van der Waals surface area contributed by atoms with Crippen LogP contribution < -0.4 is 0 Å². The summed E-state index contributed by atoms with van der Waals surface area (Å²) in [5.41, 5.74) is 0. The molecule has 0 aromatic carbocycles. The Labute approximate surface area is 89.7 Å². The van der Waals surface area contributed by atoms with Crippen molar-refractivity contribution < 1.29 is 17.1 Å². The van der Waals surface area contributed by atoms with Crippen LogP contribution >= 0.6 is 0 Å². The molecule has 0 aromatic rings. The number of amides is 1. The number of carbonyl (C=O) groups is 1. The molecule has 1 amide bonds. The molecule has 0 bridgehead atoms. The normalized spacial score (nSPS) is 22.8. The third kappa shape index (κ3) is 3.44. The molecule has 1 aliphatic rings. The van der Waals surface area contributed by atoms with Crippen molar-refractivity contribution in [2.24, 2.45) is 5.92 Å². The van der Waals surface area contributed by atoms with E-state index in [2.05, 4.69) is 0 Å². The van der Waals surface area contributed by atoms with Gasteiger partial charge in [0.05, 0.1) is 0 Å². The van der Waals surface area contributed by atoms with E-state index in [1.807, 2.05) is 13.8 Å². The smallest absolute Gasteiger partial charge is 0.307 e. The predicted octanol–water partition coefficient (Wildman–Crippen LogP) is 0.933. The van der Waals surface area contributed by atoms with Gasteiger partial charge in [-0.1, -0.05) is 13.8 Å². The number of hydrogen-bond acceptors (Lipinski definition) is 3. The van der Waals surface area contributed by atoms with Crippen LogP contribution in [-0.2, 0) is 15.0 Å². The molecule has 6 heteroatoms. The van der Waals surface area contributed by atoms with E-state index in [-0.39, 0.29) is 18.9 Å². The molecule has 0 radical (unpaired) electrons. The van der Waals surface area contributed by atoms with Crippen LogP contribution in [0.1, 0.15) is 26.7 Å². The lowest BCUT2D eigenvalue weighted by atomic mass is 10.1. The van der Waals surface area contributed by atoms with Crippen LogP contribution in [0.4, 0.5) is 3.89 Å². The van der Waals surface area contributed by atoms with Gasteiger partial charge < -0.3 is 4.90 Å². The molecule has 1 rings (SSSR count). The van der Waals surface area contributed by atoms with E-state index < -0.39 is 15.5 Å². The number of hydrogen-bond donors (Lipinski definition) is 0. The zero-order valence-corrected chi connectivity index (χ0v) is 9.76. The highest BCUT2D eigenvalue weighted by Crippen LogP contribution is 2.20. The van der Waals surface area contributed by atoms with Crippen molar-refractivity contribution in [1.29, 1.82) is 0 Å². The van der Waals surface area contributed by atoms with Crippen molar-refractivity contribution in [1.82, 2.24) is 4.90 Å². The Morgan fingerprint density at radius 1 is 1.53 bits per heavy atom. The summed E-state index contributed by atoms with van der Waals surface area (Å²) in [6, 6.07) is 0. The highest BCUT2D eigenvalue weighted by molar-refractivity contribution is 7.87. The molecule has 1 heterocycles. The van der Waals surface area contributed by atoms with Gasteiger partial charge in [0.1, 0.15) is 5.25 Å². The van der Waals surface area contributed by atoms with Gasteiger partial charge in [-0.3, -0.25) is 4.79 Å². The van der Waals surface area contributed by atoms with E-state index in [1.54, 1.807) is 0 Å². The molecule has 0 aliphatic carbocycles. The maximum atomic E-state index is 12.6. The van der Waals surface area contributed by atoms with Gasteiger partial charge in [0, 0.05) is 19.5 Å². The Kier molecular flexibility index (Phi) is 3.70. The number of likely N-dealkylation sites (tertiary alicyclic amines) is 1. The molecule has 0 N–H and O–H groups in total. The molecular formula is C9H16FNO3S. The lowest BCUT2D eigenvalue weighted by Gasteiger charge is -2.16. The van der Waals surface area contributed by atoms with E-state index in [9.17, 15) is 17.1 Å². The van der Waals surface area contributed by atoms with E-state index >= 15 is 0 Å². The van der Waals surface area contributed by atoms with Crippen LogP contribution in [0.3, 0.4) is 0 Å². The van der Waals surface area contributed by atoms with E-state index in [0.29, 0.717) is 12.5 Å². The Balaban J connectivity index is 2.54. The molecule has 1 fully saturated rings. The summed E-state index contributed by atoms with van der Waals surface area (Å²) in [6.07, 6.45) is 0.599. The minimum absolute atomic E-state index is 0.00435. The minimum Gasteiger partial charge on any atom is -0.341 e. The average molecular weight is 237 g/mol. The fourth-order valence-corrected chi connectivity index (χ4v) is 2.25. The largest absolute Gasteiger partial charge is 0.341 e. The van der Waals surface area contributed by atoms with E-state index in [1.165, 1.54) is 4.90 Å². The molecule has 15 heavy (non-hydrogen) atoms. The first-order valence-corrected chi connectivity index (χ1v) is 6.46. The van der Waals surface area contributed by atoms with Crippen molar-refractivity contribution in [3.8, 4) is 0 Å². The number of nitrogens with zero attached hydrogens (tertiary/aromatic N) is 1. The summed E-state index contributed by atoms with van der Waals surface area (Å²) in [5, 5.41) is -1.16. The second-order valence-electron chi connectivity index (χ2n) is 4.32. The van der Waals surface area contributed by atoms with Crippen molar-refractivity contribution in [2.45, 2.75) is 31.9 Å². The maximum absolute atomic E-state index is 12.6. The van der Waals surface area contributed by atoms with E-state index in [4.69, 9.17) is 0 Å². The van der Waals surface area contributed by atoms with Gasteiger partial charge in [0.2, 0.25) is 5.91 Å². The topological polar surface area (TPSA) is 54.5 Å². The monoisotopic (exact) mass is 237 g/mol. The van der Waals surface area contributed by atoms with Crippen LogP contribution in [0.25, 0.3) is 0 Å². The quantitative estimate of drug-likeness (QED) is 0.684. The third-order valence-electron chi connectivity index (χ3n) is 2.55. The molecule has 0 saturated carbocycles. The van der Waals surface area contributed by atoms with Crippen LogP contribution in [0.2, 0.25) is 0 Å². The van der Waals surface area contributed by atoms with Crippen LogP contribution in [0.15, 0.2) is 0 Å². The highest BCUT2D eigenvalue weighted by Gasteiger charge is 2.37. The number of halogens is 1. The second-order valence-corrected chi connectivity index (χ2v) is 5.94. The Bertz CT molecular complexity index is 339. The average Bonchev–Trinajstić information content (AvgIpc) is 2.42. The fraction of sp³-hybridized carbons (Fsp3) is 0.889. The van der Waals surface area contributed by atoms with Gasteiger partial charge in [-0.2, -0.15) is 8.42 Å². The van der Waals surface area contributed by atoms with Gasteiger partial charge in [0.25, 0.3) is 0 Å². The lowest BCUT2D eigenvalue weighted by Crippen LogP contribution is -2.28. The first kappa shape index (κ1) is 12.4. The molecule has 1 atom stereocenters. The predicted molar refractivity (Wildman–Crippen MR) is 54.5 cm³/mol. The fourth-order valence-electron chi connectivity index (χ4n) is 1.55. The van der Waals surface area contributed by atoms with Crippen molar-refractivity contribution in [3.63, 3.8) is 0 Å². The molecule has 1 saturated heterocycles. The van der Waals surface area contributed by atoms with Gasteiger partial charge in [-0.25, -0.2) is 0 Å². The second kappa shape index (κ2) is 4.47. The summed E-state index contributed by atoms with van der Waals surface area (Å²) in [7, 11) is -4.57.